The molecule has 1 aromatic rings. The van der Waals surface area contributed by atoms with E-state index in [9.17, 15) is 14.3 Å². The van der Waals surface area contributed by atoms with Crippen LogP contribution in [0.2, 0.25) is 0 Å². The summed E-state index contributed by atoms with van der Waals surface area (Å²) in [5.41, 5.74) is 0.235. The Morgan fingerprint density at radius 2 is 2.45 bits per heavy atom. The molecule has 1 amide bonds. The summed E-state index contributed by atoms with van der Waals surface area (Å²) in [6.07, 6.45) is 3.62. The standard InChI is InChI=1S/C14H20FN3O2/c1-2-5-16-13-12(7-10(15)8-17-13)14(20)18-6-3-4-11(18)9-19/h7-8,11,19H,2-6,9H2,1H3,(H,16,17). The zero-order chi connectivity index (χ0) is 14.5. The fourth-order valence-electron chi connectivity index (χ4n) is 2.43. The predicted molar refractivity (Wildman–Crippen MR) is 74.1 cm³/mol. The third-order valence-corrected chi connectivity index (χ3v) is 3.48. The van der Waals surface area contributed by atoms with Crippen LogP contribution >= 0.6 is 0 Å². The number of halogens is 1. The van der Waals surface area contributed by atoms with Crippen molar-refractivity contribution in [2.75, 3.05) is 25.0 Å². The number of carbonyl (C=O) groups is 1. The molecule has 0 aromatic carbocycles. The molecule has 0 saturated carbocycles. The minimum atomic E-state index is -0.532. The van der Waals surface area contributed by atoms with Crippen LogP contribution in [-0.2, 0) is 0 Å². The van der Waals surface area contributed by atoms with E-state index in [1.54, 1.807) is 4.90 Å². The number of hydrogen-bond donors (Lipinski definition) is 2. The molecule has 6 heteroatoms. The van der Waals surface area contributed by atoms with Crippen molar-refractivity contribution in [1.82, 2.24) is 9.88 Å². The highest BCUT2D eigenvalue weighted by molar-refractivity contribution is 5.99. The second-order valence-electron chi connectivity index (χ2n) is 4.95. The van der Waals surface area contributed by atoms with Crippen LogP contribution in [0.15, 0.2) is 12.3 Å². The number of carbonyl (C=O) groups excluding carboxylic acids is 1. The van der Waals surface area contributed by atoms with E-state index in [-0.39, 0.29) is 24.1 Å². The fraction of sp³-hybridized carbons (Fsp3) is 0.571. The van der Waals surface area contributed by atoms with Crippen LogP contribution in [-0.4, -0.2) is 46.6 Å². The van der Waals surface area contributed by atoms with Crippen LogP contribution in [0.4, 0.5) is 10.2 Å². The number of pyridine rings is 1. The van der Waals surface area contributed by atoms with Gasteiger partial charge in [0.25, 0.3) is 5.91 Å². The van der Waals surface area contributed by atoms with Crippen molar-refractivity contribution in [3.05, 3.63) is 23.6 Å². The van der Waals surface area contributed by atoms with Crippen LogP contribution in [0, 0.1) is 5.82 Å². The van der Waals surface area contributed by atoms with Gasteiger partial charge in [0.2, 0.25) is 0 Å². The van der Waals surface area contributed by atoms with Gasteiger partial charge >= 0.3 is 0 Å². The van der Waals surface area contributed by atoms with E-state index < -0.39 is 5.82 Å². The lowest BCUT2D eigenvalue weighted by Gasteiger charge is -2.24. The summed E-state index contributed by atoms with van der Waals surface area (Å²) >= 11 is 0. The molecule has 1 fully saturated rings. The lowest BCUT2D eigenvalue weighted by Crippen LogP contribution is -2.38. The summed E-state index contributed by atoms with van der Waals surface area (Å²) in [6.45, 7) is 3.20. The number of aliphatic hydroxyl groups is 1. The first-order valence-corrected chi connectivity index (χ1v) is 6.98. The van der Waals surface area contributed by atoms with Crippen molar-refractivity contribution in [3.63, 3.8) is 0 Å². The van der Waals surface area contributed by atoms with Gasteiger partial charge in [-0.1, -0.05) is 6.92 Å². The molecule has 2 N–H and O–H groups in total. The Morgan fingerprint density at radius 3 is 3.15 bits per heavy atom. The van der Waals surface area contributed by atoms with E-state index >= 15 is 0 Å². The summed E-state index contributed by atoms with van der Waals surface area (Å²) in [5, 5.41) is 12.3. The summed E-state index contributed by atoms with van der Waals surface area (Å²) in [7, 11) is 0. The molecule has 1 saturated heterocycles. The molecule has 2 heterocycles. The van der Waals surface area contributed by atoms with Crippen LogP contribution < -0.4 is 5.32 Å². The molecule has 0 bridgehead atoms. The largest absolute Gasteiger partial charge is 0.394 e. The molecule has 0 spiro atoms. The van der Waals surface area contributed by atoms with Gasteiger partial charge in [-0.25, -0.2) is 9.37 Å². The third kappa shape index (κ3) is 3.07. The summed E-state index contributed by atoms with van der Waals surface area (Å²) in [4.78, 5) is 18.1. The molecule has 1 atom stereocenters. The zero-order valence-corrected chi connectivity index (χ0v) is 11.6. The molecule has 110 valence electrons. The first-order valence-electron chi connectivity index (χ1n) is 6.98. The molecule has 1 aromatic heterocycles. The molecule has 1 aliphatic heterocycles. The van der Waals surface area contributed by atoms with Crippen molar-refractivity contribution < 1.29 is 14.3 Å². The SMILES string of the molecule is CCCNc1ncc(F)cc1C(=O)N1CCCC1CO. The Hall–Kier alpha value is -1.69. The number of aliphatic hydroxyl groups excluding tert-OH is 1. The van der Waals surface area contributed by atoms with Crippen molar-refractivity contribution in [2.45, 2.75) is 32.2 Å². The lowest BCUT2D eigenvalue weighted by atomic mass is 10.2. The third-order valence-electron chi connectivity index (χ3n) is 3.48. The molecular formula is C14H20FN3O2. The van der Waals surface area contributed by atoms with Crippen LogP contribution in [0.1, 0.15) is 36.5 Å². The molecule has 0 radical (unpaired) electrons. The Bertz CT molecular complexity index is 481. The summed E-state index contributed by atoms with van der Waals surface area (Å²) in [6, 6.07) is 1.03. The minimum absolute atomic E-state index is 0.0633. The average molecular weight is 281 g/mol. The number of anilines is 1. The number of aromatic nitrogens is 1. The van der Waals surface area contributed by atoms with E-state index in [0.717, 1.165) is 25.5 Å². The van der Waals surface area contributed by atoms with Crippen LogP contribution in [0.25, 0.3) is 0 Å². The van der Waals surface area contributed by atoms with Gasteiger partial charge in [0, 0.05) is 13.1 Å². The molecule has 5 nitrogen and oxygen atoms in total. The fourth-order valence-corrected chi connectivity index (χ4v) is 2.43. The number of nitrogens with one attached hydrogen (secondary N) is 1. The second-order valence-corrected chi connectivity index (χ2v) is 4.95. The number of rotatable bonds is 5. The Balaban J connectivity index is 2.25. The van der Waals surface area contributed by atoms with E-state index in [1.807, 2.05) is 6.92 Å². The molecular weight excluding hydrogens is 261 g/mol. The molecule has 0 aliphatic carbocycles. The number of nitrogens with zero attached hydrogens (tertiary/aromatic N) is 2. The first kappa shape index (κ1) is 14.7. The van der Waals surface area contributed by atoms with E-state index in [4.69, 9.17) is 0 Å². The lowest BCUT2D eigenvalue weighted by molar-refractivity contribution is 0.0677. The maximum atomic E-state index is 13.4. The number of likely N-dealkylation sites (tertiary alicyclic amines) is 1. The van der Waals surface area contributed by atoms with Crippen LogP contribution in [0.3, 0.4) is 0 Å². The van der Waals surface area contributed by atoms with E-state index in [2.05, 4.69) is 10.3 Å². The summed E-state index contributed by atoms with van der Waals surface area (Å²) < 4.78 is 13.4. The highest BCUT2D eigenvalue weighted by Crippen LogP contribution is 2.23. The monoisotopic (exact) mass is 281 g/mol. The first-order chi connectivity index (χ1) is 9.67. The maximum absolute atomic E-state index is 13.4. The number of hydrogen-bond acceptors (Lipinski definition) is 4. The second kappa shape index (κ2) is 6.65. The maximum Gasteiger partial charge on any atom is 0.258 e. The molecule has 20 heavy (non-hydrogen) atoms. The van der Waals surface area contributed by atoms with Crippen molar-refractivity contribution in [2.24, 2.45) is 0 Å². The van der Waals surface area contributed by atoms with Gasteiger partial charge in [-0.15, -0.1) is 0 Å². The van der Waals surface area contributed by atoms with E-state index in [0.29, 0.717) is 18.9 Å². The zero-order valence-electron chi connectivity index (χ0n) is 11.6. The van der Waals surface area contributed by atoms with Gasteiger partial charge in [-0.3, -0.25) is 4.79 Å². The van der Waals surface area contributed by atoms with E-state index in [1.165, 1.54) is 6.07 Å². The normalized spacial score (nSPS) is 18.4. The van der Waals surface area contributed by atoms with Gasteiger partial charge < -0.3 is 15.3 Å². The quantitative estimate of drug-likeness (QED) is 0.861. The predicted octanol–water partition coefficient (Wildman–Crippen LogP) is 1.64. The topological polar surface area (TPSA) is 65.5 Å². The van der Waals surface area contributed by atoms with Gasteiger partial charge in [0.15, 0.2) is 0 Å². The Labute approximate surface area is 117 Å². The Kier molecular flexibility index (Phi) is 4.89. The smallest absolute Gasteiger partial charge is 0.258 e. The summed E-state index contributed by atoms with van der Waals surface area (Å²) in [5.74, 6) is -0.399. The molecule has 1 unspecified atom stereocenters. The van der Waals surface area contributed by atoms with Gasteiger partial charge in [-0.2, -0.15) is 0 Å². The number of amides is 1. The van der Waals surface area contributed by atoms with Crippen molar-refractivity contribution >= 4 is 11.7 Å². The molecule has 1 aliphatic rings. The van der Waals surface area contributed by atoms with Crippen molar-refractivity contribution in [1.29, 1.82) is 0 Å². The minimum Gasteiger partial charge on any atom is -0.394 e. The van der Waals surface area contributed by atoms with Gasteiger partial charge in [0.05, 0.1) is 24.4 Å². The van der Waals surface area contributed by atoms with Crippen LogP contribution in [0.5, 0.6) is 0 Å². The average Bonchev–Trinajstić information content (AvgIpc) is 2.93. The van der Waals surface area contributed by atoms with Gasteiger partial charge in [-0.05, 0) is 25.3 Å². The van der Waals surface area contributed by atoms with Crippen molar-refractivity contribution in [3.8, 4) is 0 Å². The Morgan fingerprint density at radius 1 is 1.65 bits per heavy atom. The highest BCUT2D eigenvalue weighted by Gasteiger charge is 2.30. The molecule has 2 rings (SSSR count). The highest BCUT2D eigenvalue weighted by atomic mass is 19.1. The van der Waals surface area contributed by atoms with Gasteiger partial charge in [0.1, 0.15) is 11.6 Å².